The highest BCUT2D eigenvalue weighted by Crippen LogP contribution is 2.31. The number of hydrogen-bond acceptors (Lipinski definition) is 5. The number of aromatic nitrogens is 2. The Morgan fingerprint density at radius 1 is 1.13 bits per heavy atom. The maximum absolute atomic E-state index is 13.1. The van der Waals surface area contributed by atoms with E-state index < -0.39 is 0 Å². The van der Waals surface area contributed by atoms with Crippen LogP contribution in [0.25, 0.3) is 0 Å². The second-order valence-electron chi connectivity index (χ2n) is 7.96. The lowest BCUT2D eigenvalue weighted by Crippen LogP contribution is -2.43. The number of nitrogens with zero attached hydrogens (tertiary/aromatic N) is 4. The lowest BCUT2D eigenvalue weighted by molar-refractivity contribution is -0.136. The molecule has 1 aliphatic rings. The van der Waals surface area contributed by atoms with Crippen LogP contribution in [0.15, 0.2) is 65.5 Å². The van der Waals surface area contributed by atoms with Gasteiger partial charge in [-0.2, -0.15) is 0 Å². The monoisotopic (exact) mass is 404 g/mol. The first-order chi connectivity index (χ1) is 14.7. The number of likely N-dealkylation sites (N-methyl/N-ethyl adjacent to an activating group) is 1. The summed E-state index contributed by atoms with van der Waals surface area (Å²) in [4.78, 5) is 25.7. The number of amides is 1. The molecule has 6 heteroatoms. The topological polar surface area (TPSA) is 62.5 Å². The van der Waals surface area contributed by atoms with Gasteiger partial charge in [-0.3, -0.25) is 14.7 Å². The standard InChI is InChI=1S/C24H28N4O2/c1-27(17-20-10-7-12-25-15-20)18-23(29)28-13-6-5-11-22(28)24-26-16-21(30-24)14-19-8-3-2-4-9-19/h2-4,7-10,12,15-16,22H,5-6,11,13-14,17-18H2,1H3. The second-order valence-corrected chi connectivity index (χ2v) is 7.96. The lowest BCUT2D eigenvalue weighted by atomic mass is 10.0. The molecule has 1 aliphatic heterocycles. The van der Waals surface area contributed by atoms with Gasteiger partial charge in [-0.15, -0.1) is 0 Å². The van der Waals surface area contributed by atoms with Gasteiger partial charge in [-0.1, -0.05) is 36.4 Å². The molecular formula is C24H28N4O2. The van der Waals surface area contributed by atoms with Crippen molar-refractivity contribution in [3.05, 3.63) is 83.8 Å². The number of carbonyl (C=O) groups is 1. The van der Waals surface area contributed by atoms with Gasteiger partial charge in [0.2, 0.25) is 11.8 Å². The predicted octanol–water partition coefficient (Wildman–Crippen LogP) is 3.85. The van der Waals surface area contributed by atoms with Crippen LogP contribution in [0, 0.1) is 0 Å². The minimum Gasteiger partial charge on any atom is -0.443 e. The van der Waals surface area contributed by atoms with Crippen LogP contribution in [-0.2, 0) is 17.8 Å². The molecule has 0 N–H and O–H groups in total. The van der Waals surface area contributed by atoms with E-state index in [1.54, 1.807) is 12.4 Å². The van der Waals surface area contributed by atoms with Gasteiger partial charge in [0.25, 0.3) is 0 Å². The molecule has 1 unspecified atom stereocenters. The number of hydrogen-bond donors (Lipinski definition) is 0. The molecule has 3 aromatic rings. The Hall–Kier alpha value is -2.99. The van der Waals surface area contributed by atoms with Gasteiger partial charge in [0.05, 0.1) is 12.7 Å². The Balaban J connectivity index is 1.40. The minimum atomic E-state index is -0.0810. The Morgan fingerprint density at radius 2 is 1.97 bits per heavy atom. The molecule has 1 aromatic carbocycles. The summed E-state index contributed by atoms with van der Waals surface area (Å²) in [5.41, 5.74) is 2.29. The SMILES string of the molecule is CN(CC(=O)N1CCCCC1c1ncc(Cc2ccccc2)o1)Cc1cccnc1. The summed E-state index contributed by atoms with van der Waals surface area (Å²) in [6.07, 6.45) is 9.10. The Kier molecular flexibility index (Phi) is 6.54. The molecule has 1 fully saturated rings. The normalized spacial score (nSPS) is 16.7. The van der Waals surface area contributed by atoms with Crippen molar-refractivity contribution in [3.63, 3.8) is 0 Å². The summed E-state index contributed by atoms with van der Waals surface area (Å²) in [7, 11) is 1.97. The molecule has 30 heavy (non-hydrogen) atoms. The fourth-order valence-electron chi connectivity index (χ4n) is 4.02. The predicted molar refractivity (Wildman–Crippen MR) is 115 cm³/mol. The maximum Gasteiger partial charge on any atom is 0.237 e. The zero-order valence-corrected chi connectivity index (χ0v) is 17.4. The maximum atomic E-state index is 13.1. The zero-order valence-electron chi connectivity index (χ0n) is 17.4. The van der Waals surface area contributed by atoms with Gasteiger partial charge < -0.3 is 9.32 Å². The highest BCUT2D eigenvalue weighted by Gasteiger charge is 2.31. The Bertz CT molecular complexity index is 942. The third kappa shape index (κ3) is 5.13. The molecule has 0 saturated carbocycles. The van der Waals surface area contributed by atoms with Gasteiger partial charge in [0, 0.05) is 31.9 Å². The number of piperidine rings is 1. The lowest BCUT2D eigenvalue weighted by Gasteiger charge is -2.34. The van der Waals surface area contributed by atoms with E-state index in [9.17, 15) is 4.79 Å². The smallest absolute Gasteiger partial charge is 0.237 e. The second kappa shape index (κ2) is 9.67. The fourth-order valence-corrected chi connectivity index (χ4v) is 4.02. The van der Waals surface area contributed by atoms with Crippen molar-refractivity contribution in [1.82, 2.24) is 19.8 Å². The van der Waals surface area contributed by atoms with E-state index in [1.165, 1.54) is 5.56 Å². The molecule has 0 aliphatic carbocycles. The van der Waals surface area contributed by atoms with E-state index >= 15 is 0 Å². The van der Waals surface area contributed by atoms with Crippen LogP contribution in [0.2, 0.25) is 0 Å². The molecule has 156 valence electrons. The van der Waals surface area contributed by atoms with Crippen molar-refractivity contribution < 1.29 is 9.21 Å². The molecule has 0 bridgehead atoms. The largest absolute Gasteiger partial charge is 0.443 e. The summed E-state index contributed by atoms with van der Waals surface area (Å²) < 4.78 is 6.08. The highest BCUT2D eigenvalue weighted by molar-refractivity contribution is 5.78. The first kappa shape index (κ1) is 20.3. The average molecular weight is 405 g/mol. The number of carbonyl (C=O) groups excluding carboxylic acids is 1. The van der Waals surface area contributed by atoms with Crippen LogP contribution in [0.1, 0.15) is 48.1 Å². The molecule has 4 rings (SSSR count). The Labute approximate surface area is 177 Å². The van der Waals surface area contributed by atoms with Gasteiger partial charge in [0.15, 0.2) is 0 Å². The Morgan fingerprint density at radius 3 is 2.77 bits per heavy atom. The number of benzene rings is 1. The van der Waals surface area contributed by atoms with Crippen molar-refractivity contribution in [1.29, 1.82) is 0 Å². The van der Waals surface area contributed by atoms with Crippen molar-refractivity contribution in [2.24, 2.45) is 0 Å². The molecular weight excluding hydrogens is 376 g/mol. The summed E-state index contributed by atoms with van der Waals surface area (Å²) in [5.74, 6) is 1.61. The van der Waals surface area contributed by atoms with Crippen molar-refractivity contribution in [2.75, 3.05) is 20.1 Å². The number of rotatable bonds is 7. The third-order valence-electron chi connectivity index (χ3n) is 5.48. The average Bonchev–Trinajstić information content (AvgIpc) is 3.23. The number of likely N-dealkylation sites (tertiary alicyclic amines) is 1. The van der Waals surface area contributed by atoms with Gasteiger partial charge >= 0.3 is 0 Å². The number of oxazole rings is 1. The fraction of sp³-hybridized carbons (Fsp3) is 0.375. The van der Waals surface area contributed by atoms with Crippen molar-refractivity contribution >= 4 is 5.91 Å². The molecule has 3 heterocycles. The van der Waals surface area contributed by atoms with E-state index in [0.29, 0.717) is 25.4 Å². The van der Waals surface area contributed by atoms with E-state index in [-0.39, 0.29) is 11.9 Å². The number of pyridine rings is 1. The highest BCUT2D eigenvalue weighted by atomic mass is 16.4. The molecule has 1 atom stereocenters. The van der Waals surface area contributed by atoms with Crippen LogP contribution >= 0.6 is 0 Å². The van der Waals surface area contributed by atoms with Gasteiger partial charge in [-0.25, -0.2) is 4.98 Å². The van der Waals surface area contributed by atoms with Gasteiger partial charge in [-0.05, 0) is 43.5 Å². The molecule has 1 amide bonds. The molecule has 2 aromatic heterocycles. The first-order valence-corrected chi connectivity index (χ1v) is 10.5. The summed E-state index contributed by atoms with van der Waals surface area (Å²) in [6, 6.07) is 14.1. The van der Waals surface area contributed by atoms with Gasteiger partial charge in [0.1, 0.15) is 11.8 Å². The van der Waals surface area contributed by atoms with Crippen LogP contribution in [0.4, 0.5) is 0 Å². The summed E-state index contributed by atoms with van der Waals surface area (Å²) >= 11 is 0. The molecule has 0 radical (unpaired) electrons. The van der Waals surface area contributed by atoms with Crippen LogP contribution in [0.3, 0.4) is 0 Å². The summed E-state index contributed by atoms with van der Waals surface area (Å²) in [5, 5.41) is 0. The third-order valence-corrected chi connectivity index (χ3v) is 5.48. The van der Waals surface area contributed by atoms with E-state index in [0.717, 1.165) is 37.1 Å². The van der Waals surface area contributed by atoms with Crippen molar-refractivity contribution in [2.45, 2.75) is 38.3 Å². The molecule has 6 nitrogen and oxygen atoms in total. The summed E-state index contributed by atoms with van der Waals surface area (Å²) in [6.45, 7) is 1.81. The minimum absolute atomic E-state index is 0.0810. The molecule has 1 saturated heterocycles. The van der Waals surface area contributed by atoms with E-state index in [4.69, 9.17) is 4.42 Å². The zero-order chi connectivity index (χ0) is 20.8. The van der Waals surface area contributed by atoms with Crippen LogP contribution in [0.5, 0.6) is 0 Å². The quantitative estimate of drug-likeness (QED) is 0.599. The van der Waals surface area contributed by atoms with Crippen LogP contribution < -0.4 is 0 Å². The van der Waals surface area contributed by atoms with E-state index in [2.05, 4.69) is 22.1 Å². The first-order valence-electron chi connectivity index (χ1n) is 10.5. The van der Waals surface area contributed by atoms with Crippen LogP contribution in [-0.4, -0.2) is 45.8 Å². The van der Waals surface area contributed by atoms with Crippen molar-refractivity contribution in [3.8, 4) is 0 Å². The molecule has 0 spiro atoms. The van der Waals surface area contributed by atoms with E-state index in [1.807, 2.05) is 53.4 Å².